The number of benzene rings is 1. The lowest BCUT2D eigenvalue weighted by Gasteiger charge is -2.21. The molecule has 1 unspecified atom stereocenters. The van der Waals surface area contributed by atoms with Gasteiger partial charge in [-0.2, -0.15) is 0 Å². The topological polar surface area (TPSA) is 66.0 Å². The minimum atomic E-state index is -0.304. The summed E-state index contributed by atoms with van der Waals surface area (Å²) in [7, 11) is 7.77. The zero-order valence-electron chi connectivity index (χ0n) is 12.5. The number of hydrogen-bond acceptors (Lipinski definition) is 6. The molecule has 0 fully saturated rings. The van der Waals surface area contributed by atoms with Gasteiger partial charge >= 0.3 is 5.97 Å². The van der Waals surface area contributed by atoms with Crippen molar-refractivity contribution < 1.29 is 23.7 Å². The minimum Gasteiger partial charge on any atom is -0.493 e. The number of carbonyl (C=O) groups excluding carboxylic acids is 1. The van der Waals surface area contributed by atoms with Gasteiger partial charge in [-0.3, -0.25) is 4.79 Å². The van der Waals surface area contributed by atoms with Crippen LogP contribution in [0.5, 0.6) is 17.2 Å². The van der Waals surface area contributed by atoms with E-state index in [0.29, 0.717) is 17.2 Å². The SMILES string of the molecule is CNC(CC(=O)OC)c1ccc(OC)c(OC)c1OC. The fourth-order valence-electron chi connectivity index (χ4n) is 2.02. The van der Waals surface area contributed by atoms with Crippen LogP contribution < -0.4 is 19.5 Å². The van der Waals surface area contributed by atoms with E-state index in [-0.39, 0.29) is 18.4 Å². The molecule has 20 heavy (non-hydrogen) atoms. The smallest absolute Gasteiger partial charge is 0.307 e. The lowest BCUT2D eigenvalue weighted by molar-refractivity contribution is -0.141. The summed E-state index contributed by atoms with van der Waals surface area (Å²) in [5, 5.41) is 3.07. The van der Waals surface area contributed by atoms with Gasteiger partial charge in [0.2, 0.25) is 5.75 Å². The lowest BCUT2D eigenvalue weighted by atomic mass is 10.0. The Labute approximate surface area is 119 Å². The largest absolute Gasteiger partial charge is 0.493 e. The lowest BCUT2D eigenvalue weighted by Crippen LogP contribution is -2.21. The van der Waals surface area contributed by atoms with E-state index in [1.807, 2.05) is 6.07 Å². The first-order valence-electron chi connectivity index (χ1n) is 6.15. The van der Waals surface area contributed by atoms with Gasteiger partial charge in [0.15, 0.2) is 11.5 Å². The molecule has 0 saturated heterocycles. The van der Waals surface area contributed by atoms with Gasteiger partial charge in [0.1, 0.15) is 0 Å². The summed E-state index contributed by atoms with van der Waals surface area (Å²) < 4.78 is 20.7. The van der Waals surface area contributed by atoms with Gasteiger partial charge in [-0.25, -0.2) is 0 Å². The molecule has 0 aliphatic carbocycles. The Kier molecular flexibility index (Phi) is 6.11. The molecule has 0 saturated carbocycles. The second kappa shape index (κ2) is 7.59. The average molecular weight is 283 g/mol. The molecule has 6 heteroatoms. The van der Waals surface area contributed by atoms with E-state index in [4.69, 9.17) is 18.9 Å². The van der Waals surface area contributed by atoms with Crippen LogP contribution in [0.4, 0.5) is 0 Å². The van der Waals surface area contributed by atoms with Gasteiger partial charge in [0.25, 0.3) is 0 Å². The van der Waals surface area contributed by atoms with E-state index in [0.717, 1.165) is 5.56 Å². The third kappa shape index (κ3) is 3.33. The number of hydrogen-bond donors (Lipinski definition) is 1. The molecule has 1 rings (SSSR count). The number of methoxy groups -OCH3 is 4. The van der Waals surface area contributed by atoms with E-state index in [9.17, 15) is 4.79 Å². The molecule has 0 aromatic heterocycles. The molecule has 0 amide bonds. The van der Waals surface area contributed by atoms with Crippen molar-refractivity contribution >= 4 is 5.97 Å². The summed E-state index contributed by atoms with van der Waals surface area (Å²) >= 11 is 0. The van der Waals surface area contributed by atoms with Crippen molar-refractivity contribution in [2.24, 2.45) is 0 Å². The Morgan fingerprint density at radius 1 is 1.10 bits per heavy atom. The maximum absolute atomic E-state index is 11.5. The molecule has 6 nitrogen and oxygen atoms in total. The molecule has 112 valence electrons. The van der Waals surface area contributed by atoms with Gasteiger partial charge in [0.05, 0.1) is 34.9 Å². The Bertz CT molecular complexity index is 461. The predicted molar refractivity (Wildman–Crippen MR) is 74.5 cm³/mol. The molecule has 0 bridgehead atoms. The maximum Gasteiger partial charge on any atom is 0.307 e. The first-order chi connectivity index (χ1) is 9.62. The van der Waals surface area contributed by atoms with Crippen molar-refractivity contribution in [2.75, 3.05) is 35.5 Å². The highest BCUT2D eigenvalue weighted by Crippen LogP contribution is 2.42. The van der Waals surface area contributed by atoms with Crippen molar-refractivity contribution in [3.63, 3.8) is 0 Å². The molecule has 0 aliphatic rings. The average Bonchev–Trinajstić information content (AvgIpc) is 2.50. The quantitative estimate of drug-likeness (QED) is 0.766. The van der Waals surface area contributed by atoms with Crippen molar-refractivity contribution in [1.29, 1.82) is 0 Å². The predicted octanol–water partition coefficient (Wildman–Crippen LogP) is 1.54. The highest BCUT2D eigenvalue weighted by Gasteiger charge is 2.23. The van der Waals surface area contributed by atoms with Crippen LogP contribution >= 0.6 is 0 Å². The fraction of sp³-hybridized carbons (Fsp3) is 0.500. The first kappa shape index (κ1) is 16.1. The molecule has 0 spiro atoms. The third-order valence-corrected chi connectivity index (χ3v) is 3.06. The van der Waals surface area contributed by atoms with Crippen LogP contribution in [0.1, 0.15) is 18.0 Å². The maximum atomic E-state index is 11.5. The van der Waals surface area contributed by atoms with Gasteiger partial charge in [-0.05, 0) is 19.2 Å². The standard InChI is InChI=1S/C14H21NO5/c1-15-10(8-12(16)18-3)9-6-7-11(17-2)14(20-5)13(9)19-4/h6-7,10,15H,8H2,1-5H3. The highest BCUT2D eigenvalue weighted by molar-refractivity contribution is 5.71. The van der Waals surface area contributed by atoms with Crippen LogP contribution in [0, 0.1) is 0 Å². The number of carbonyl (C=O) groups is 1. The summed E-state index contributed by atoms with van der Waals surface area (Å²) in [5.74, 6) is 1.30. The summed E-state index contributed by atoms with van der Waals surface area (Å²) in [6.07, 6.45) is 0.193. The molecule has 0 radical (unpaired) electrons. The second-order valence-electron chi connectivity index (χ2n) is 4.05. The van der Waals surface area contributed by atoms with Crippen LogP contribution in [-0.2, 0) is 9.53 Å². The fourth-order valence-corrected chi connectivity index (χ4v) is 2.02. The van der Waals surface area contributed by atoms with E-state index >= 15 is 0 Å². The number of rotatable bonds is 7. The Hall–Kier alpha value is -1.95. The summed E-state index contributed by atoms with van der Waals surface area (Å²) in [6.45, 7) is 0. The Balaban J connectivity index is 3.24. The molecule has 1 aromatic carbocycles. The van der Waals surface area contributed by atoms with Gasteiger partial charge in [-0.1, -0.05) is 0 Å². The first-order valence-corrected chi connectivity index (χ1v) is 6.15. The van der Waals surface area contributed by atoms with Gasteiger partial charge in [-0.15, -0.1) is 0 Å². The zero-order valence-corrected chi connectivity index (χ0v) is 12.5. The van der Waals surface area contributed by atoms with Crippen LogP contribution in [0.15, 0.2) is 12.1 Å². The third-order valence-electron chi connectivity index (χ3n) is 3.06. The van der Waals surface area contributed by atoms with Crippen LogP contribution in [0.3, 0.4) is 0 Å². The van der Waals surface area contributed by atoms with E-state index in [1.54, 1.807) is 34.4 Å². The normalized spacial score (nSPS) is 11.7. The van der Waals surface area contributed by atoms with Crippen molar-refractivity contribution in [1.82, 2.24) is 5.32 Å². The van der Waals surface area contributed by atoms with Crippen molar-refractivity contribution in [3.8, 4) is 17.2 Å². The summed E-state index contributed by atoms with van der Waals surface area (Å²) in [6, 6.07) is 3.37. The van der Waals surface area contributed by atoms with E-state index in [1.165, 1.54) is 7.11 Å². The number of ether oxygens (including phenoxy) is 4. The van der Waals surface area contributed by atoms with Crippen LogP contribution in [0.2, 0.25) is 0 Å². The molecule has 1 N–H and O–H groups in total. The van der Waals surface area contributed by atoms with Crippen molar-refractivity contribution in [3.05, 3.63) is 17.7 Å². The van der Waals surface area contributed by atoms with Gasteiger partial charge < -0.3 is 24.3 Å². The van der Waals surface area contributed by atoms with Crippen molar-refractivity contribution in [2.45, 2.75) is 12.5 Å². The molecule has 1 aromatic rings. The highest BCUT2D eigenvalue weighted by atomic mass is 16.5. The summed E-state index contributed by atoms with van der Waals surface area (Å²) in [5.41, 5.74) is 0.804. The molecule has 0 aliphatic heterocycles. The number of nitrogens with one attached hydrogen (secondary N) is 1. The minimum absolute atomic E-state index is 0.193. The molecular weight excluding hydrogens is 262 g/mol. The van der Waals surface area contributed by atoms with Crippen LogP contribution in [-0.4, -0.2) is 41.5 Å². The number of esters is 1. The van der Waals surface area contributed by atoms with E-state index < -0.39 is 0 Å². The molecule has 0 heterocycles. The Morgan fingerprint density at radius 2 is 1.75 bits per heavy atom. The summed E-state index contributed by atoms with van der Waals surface area (Å²) in [4.78, 5) is 11.5. The van der Waals surface area contributed by atoms with E-state index in [2.05, 4.69) is 5.32 Å². The van der Waals surface area contributed by atoms with Gasteiger partial charge in [0, 0.05) is 11.6 Å². The monoisotopic (exact) mass is 283 g/mol. The second-order valence-corrected chi connectivity index (χ2v) is 4.05. The Morgan fingerprint density at radius 3 is 2.20 bits per heavy atom. The molecular formula is C14H21NO5. The zero-order chi connectivity index (χ0) is 15.1. The molecule has 1 atom stereocenters. The van der Waals surface area contributed by atoms with Crippen LogP contribution in [0.25, 0.3) is 0 Å².